The molecule has 0 N–H and O–H groups in total. The molecule has 0 unspecified atom stereocenters. The van der Waals surface area contributed by atoms with Crippen LogP contribution in [0.2, 0.25) is 10.0 Å². The predicted molar refractivity (Wildman–Crippen MR) is 131 cm³/mol. The van der Waals surface area contributed by atoms with E-state index in [1.165, 1.54) is 16.9 Å². The number of carbonyl (C=O) groups excluding carboxylic acids is 1. The van der Waals surface area contributed by atoms with Gasteiger partial charge in [-0.3, -0.25) is 4.79 Å². The van der Waals surface area contributed by atoms with Gasteiger partial charge in [0.2, 0.25) is 0 Å². The van der Waals surface area contributed by atoms with Crippen molar-refractivity contribution >= 4 is 52.2 Å². The van der Waals surface area contributed by atoms with E-state index >= 15 is 0 Å². The number of halogens is 2. The van der Waals surface area contributed by atoms with Gasteiger partial charge in [-0.1, -0.05) is 47.5 Å². The van der Waals surface area contributed by atoms with E-state index in [9.17, 15) is 4.79 Å². The quantitative estimate of drug-likeness (QED) is 0.397. The lowest BCUT2D eigenvalue weighted by Gasteiger charge is -2.29. The molecule has 1 aromatic heterocycles. The molecular weight excluding hydrogens is 461 g/mol. The van der Waals surface area contributed by atoms with Crippen LogP contribution in [-0.2, 0) is 0 Å². The van der Waals surface area contributed by atoms with Crippen LogP contribution in [0.4, 0.5) is 0 Å². The van der Waals surface area contributed by atoms with Crippen molar-refractivity contribution in [2.45, 2.75) is 32.2 Å². The van der Waals surface area contributed by atoms with E-state index in [2.05, 4.69) is 11.1 Å². The second kappa shape index (κ2) is 8.81. The third-order valence-electron chi connectivity index (χ3n) is 6.07. The Morgan fingerprint density at radius 1 is 1.09 bits per heavy atom. The van der Waals surface area contributed by atoms with Gasteiger partial charge < -0.3 is 0 Å². The van der Waals surface area contributed by atoms with Crippen LogP contribution in [0.3, 0.4) is 0 Å². The first kappa shape index (κ1) is 21.4. The zero-order valence-electron chi connectivity index (χ0n) is 17.5. The molecule has 0 spiro atoms. The lowest BCUT2D eigenvalue weighted by Crippen LogP contribution is -2.31. The highest BCUT2D eigenvalue weighted by Crippen LogP contribution is 2.45. The second-order valence-corrected chi connectivity index (χ2v) is 9.85. The zero-order valence-corrected chi connectivity index (χ0v) is 19.8. The van der Waals surface area contributed by atoms with Crippen LogP contribution in [0, 0.1) is 12.8 Å². The summed E-state index contributed by atoms with van der Waals surface area (Å²) < 4.78 is 0. The number of aromatic nitrogens is 1. The van der Waals surface area contributed by atoms with Gasteiger partial charge in [0, 0.05) is 16.0 Å². The number of nitrogens with zero attached hydrogens (tertiary/aromatic N) is 3. The molecule has 4 nitrogen and oxygen atoms in total. The van der Waals surface area contributed by atoms with E-state index < -0.39 is 0 Å². The molecule has 0 bridgehead atoms. The van der Waals surface area contributed by atoms with E-state index in [4.69, 9.17) is 28.3 Å². The van der Waals surface area contributed by atoms with Gasteiger partial charge in [-0.15, -0.1) is 11.3 Å². The molecule has 162 valence electrons. The molecular formula is C25H21Cl2N3OS. The lowest BCUT2D eigenvalue weighted by atomic mass is 9.77. The van der Waals surface area contributed by atoms with Crippen LogP contribution in [0.15, 0.2) is 64.7 Å². The average Bonchev–Trinajstić information content (AvgIpc) is 3.40. The highest BCUT2D eigenvalue weighted by atomic mass is 35.5. The monoisotopic (exact) mass is 481 g/mol. The highest BCUT2D eigenvalue weighted by Gasteiger charge is 2.44. The normalized spacial score (nSPS) is 21.5. The minimum atomic E-state index is -0.162. The molecule has 2 aliphatic rings. The van der Waals surface area contributed by atoms with Crippen molar-refractivity contribution in [3.8, 4) is 0 Å². The molecule has 2 atom stereocenters. The SMILES string of the molecule is Cc1ncsc1C(=O)N1N=C2/C(=C/c3ccc(Cl)cc3)CCC[C@H]2[C@H]1c1ccc(Cl)cc1. The predicted octanol–water partition coefficient (Wildman–Crippen LogP) is 7.20. The minimum absolute atomic E-state index is 0.0994. The Labute approximate surface area is 201 Å². The standard InChI is InChI=1S/C25H21Cl2N3OS/c1-15-24(32-14-28-15)25(31)30-23(17-7-11-20(27)12-8-17)21-4-2-3-18(22(21)29-30)13-16-5-9-19(26)10-6-16/h5-14,21,23H,2-4H2,1H3/b18-13+/t21-,23-/m1/s1. The van der Waals surface area contributed by atoms with Crippen LogP contribution in [0.5, 0.6) is 0 Å². The van der Waals surface area contributed by atoms with Gasteiger partial charge in [-0.05, 0) is 73.2 Å². The summed E-state index contributed by atoms with van der Waals surface area (Å²) in [6, 6.07) is 15.4. The van der Waals surface area contributed by atoms with Crippen LogP contribution in [0.25, 0.3) is 6.08 Å². The number of benzene rings is 2. The number of aryl methyl sites for hydroxylation is 1. The number of hydrogen-bond acceptors (Lipinski definition) is 4. The van der Waals surface area contributed by atoms with Crippen LogP contribution in [0.1, 0.15) is 51.8 Å². The number of amides is 1. The maximum atomic E-state index is 13.6. The van der Waals surface area contributed by atoms with Gasteiger partial charge in [0.15, 0.2) is 0 Å². The first-order valence-corrected chi connectivity index (χ1v) is 12.2. The Kier molecular flexibility index (Phi) is 5.89. The number of rotatable bonds is 3. The van der Waals surface area contributed by atoms with Crippen molar-refractivity contribution in [3.05, 3.63) is 91.4 Å². The average molecular weight is 482 g/mol. The maximum Gasteiger partial charge on any atom is 0.286 e. The number of allylic oxidation sites excluding steroid dienone is 1. The van der Waals surface area contributed by atoms with Gasteiger partial charge in [0.25, 0.3) is 5.91 Å². The van der Waals surface area contributed by atoms with Crippen molar-refractivity contribution in [3.63, 3.8) is 0 Å². The molecule has 0 radical (unpaired) electrons. The van der Waals surface area contributed by atoms with E-state index in [1.807, 2.05) is 55.5 Å². The first-order chi connectivity index (χ1) is 15.5. The summed E-state index contributed by atoms with van der Waals surface area (Å²) in [5.41, 5.74) is 6.75. The van der Waals surface area contributed by atoms with Crippen LogP contribution in [-0.4, -0.2) is 21.6 Å². The van der Waals surface area contributed by atoms with Gasteiger partial charge in [-0.25, -0.2) is 9.99 Å². The first-order valence-electron chi connectivity index (χ1n) is 10.6. The van der Waals surface area contributed by atoms with Crippen molar-refractivity contribution in [2.75, 3.05) is 0 Å². The summed E-state index contributed by atoms with van der Waals surface area (Å²) in [4.78, 5) is 18.5. The summed E-state index contributed by atoms with van der Waals surface area (Å²) in [6.07, 6.45) is 5.14. The lowest BCUT2D eigenvalue weighted by molar-refractivity contribution is 0.0685. The Balaban J connectivity index is 1.58. The second-order valence-electron chi connectivity index (χ2n) is 8.12. The van der Waals surface area contributed by atoms with E-state index in [0.717, 1.165) is 41.8 Å². The molecule has 3 aromatic rings. The van der Waals surface area contributed by atoms with E-state index in [0.29, 0.717) is 14.9 Å². The summed E-state index contributed by atoms with van der Waals surface area (Å²) >= 11 is 13.6. The zero-order chi connectivity index (χ0) is 22.2. The summed E-state index contributed by atoms with van der Waals surface area (Å²) in [6.45, 7) is 1.86. The number of fused-ring (bicyclic) bond motifs is 1. The largest absolute Gasteiger partial charge is 0.286 e. The summed E-state index contributed by atoms with van der Waals surface area (Å²) in [5.74, 6) is 0.0401. The Morgan fingerprint density at radius 2 is 1.78 bits per heavy atom. The van der Waals surface area contributed by atoms with Crippen molar-refractivity contribution in [1.82, 2.24) is 9.99 Å². The van der Waals surface area contributed by atoms with Crippen LogP contribution < -0.4 is 0 Å². The fourth-order valence-corrected chi connectivity index (χ4v) is 5.52. The molecule has 1 fully saturated rings. The molecule has 32 heavy (non-hydrogen) atoms. The van der Waals surface area contributed by atoms with Gasteiger partial charge in [0.05, 0.1) is 23.0 Å². The smallest absolute Gasteiger partial charge is 0.266 e. The molecule has 7 heteroatoms. The van der Waals surface area contributed by atoms with Crippen molar-refractivity contribution in [2.24, 2.45) is 11.0 Å². The number of hydrazone groups is 1. The Hall–Kier alpha value is -2.47. The van der Waals surface area contributed by atoms with Crippen molar-refractivity contribution in [1.29, 1.82) is 0 Å². The molecule has 0 saturated heterocycles. The van der Waals surface area contributed by atoms with Crippen molar-refractivity contribution < 1.29 is 4.79 Å². The summed E-state index contributed by atoms with van der Waals surface area (Å²) in [7, 11) is 0. The molecule has 2 aromatic carbocycles. The molecule has 1 saturated carbocycles. The molecule has 1 aliphatic carbocycles. The third kappa shape index (κ3) is 4.01. The molecule has 5 rings (SSSR count). The van der Waals surface area contributed by atoms with Gasteiger partial charge in [0.1, 0.15) is 4.88 Å². The Bertz CT molecular complexity index is 1210. The third-order valence-corrected chi connectivity index (χ3v) is 7.49. The molecule has 1 amide bonds. The van der Waals surface area contributed by atoms with Gasteiger partial charge in [-0.2, -0.15) is 5.10 Å². The van der Waals surface area contributed by atoms with E-state index in [1.54, 1.807) is 10.5 Å². The topological polar surface area (TPSA) is 45.6 Å². The van der Waals surface area contributed by atoms with Crippen LogP contribution >= 0.6 is 34.5 Å². The molecule has 1 aliphatic heterocycles. The highest BCUT2D eigenvalue weighted by molar-refractivity contribution is 7.11. The number of thiazole rings is 1. The summed E-state index contributed by atoms with van der Waals surface area (Å²) in [5, 5.41) is 8.00. The maximum absolute atomic E-state index is 13.6. The number of carbonyl (C=O) groups is 1. The fourth-order valence-electron chi connectivity index (χ4n) is 4.53. The molecule has 2 heterocycles. The van der Waals surface area contributed by atoms with Gasteiger partial charge >= 0.3 is 0 Å². The number of hydrogen-bond donors (Lipinski definition) is 0. The Morgan fingerprint density at radius 3 is 2.44 bits per heavy atom. The van der Waals surface area contributed by atoms with E-state index in [-0.39, 0.29) is 17.9 Å². The minimum Gasteiger partial charge on any atom is -0.266 e. The fraction of sp³-hybridized carbons (Fsp3) is 0.240.